The summed E-state index contributed by atoms with van der Waals surface area (Å²) in [5.74, 6) is -3.02. The normalized spacial score (nSPS) is 31.7. The van der Waals surface area contributed by atoms with Gasteiger partial charge in [-0.3, -0.25) is 14.4 Å². The standard InChI is InChI=1S/C31H38N2O6/c1-6-38-29(37)25-24-28(36)33(22(17-34)15-21-10-8-7-9-11-21)26(31(24)16-20(4)30(25,5)39-31)27(35)32-23-14-18(2)12-13-19(23)3/h7-14,20,22,24-26,34H,6,15-17H2,1-5H3,(H,32,35)/t20?,22-,24+,25-,26?,30+,31?/m1/s1. The third-order valence-corrected chi connectivity index (χ3v) is 9.11. The molecule has 3 aliphatic rings. The fourth-order valence-electron chi connectivity index (χ4n) is 7.17. The highest BCUT2D eigenvalue weighted by Gasteiger charge is 2.80. The summed E-state index contributed by atoms with van der Waals surface area (Å²) in [7, 11) is 0. The maximum absolute atomic E-state index is 14.4. The Morgan fingerprint density at radius 1 is 1.21 bits per heavy atom. The lowest BCUT2D eigenvalue weighted by Crippen LogP contribution is -2.57. The third-order valence-electron chi connectivity index (χ3n) is 9.11. The Kier molecular flexibility index (Phi) is 7.06. The number of amides is 2. The largest absolute Gasteiger partial charge is 0.466 e. The first-order chi connectivity index (χ1) is 18.6. The molecule has 3 saturated heterocycles. The summed E-state index contributed by atoms with van der Waals surface area (Å²) in [5.41, 5.74) is 1.32. The van der Waals surface area contributed by atoms with E-state index in [-0.39, 0.29) is 30.9 Å². The van der Waals surface area contributed by atoms with E-state index in [1.54, 1.807) is 6.92 Å². The number of esters is 1. The van der Waals surface area contributed by atoms with Gasteiger partial charge in [0.1, 0.15) is 17.6 Å². The summed E-state index contributed by atoms with van der Waals surface area (Å²) >= 11 is 0. The number of carbonyl (C=O) groups excluding carboxylic acids is 3. The van der Waals surface area contributed by atoms with E-state index in [9.17, 15) is 19.5 Å². The van der Waals surface area contributed by atoms with E-state index in [0.717, 1.165) is 16.7 Å². The fraction of sp³-hybridized carbons (Fsp3) is 0.516. The molecule has 7 atom stereocenters. The average molecular weight is 535 g/mol. The van der Waals surface area contributed by atoms with Gasteiger partial charge in [-0.1, -0.05) is 49.4 Å². The van der Waals surface area contributed by atoms with Crippen LogP contribution in [0.3, 0.4) is 0 Å². The van der Waals surface area contributed by atoms with Crippen LogP contribution in [0, 0.1) is 31.6 Å². The molecule has 0 aromatic heterocycles. The number of rotatable bonds is 8. The number of carbonyl (C=O) groups is 3. The number of ether oxygens (including phenoxy) is 2. The maximum Gasteiger partial charge on any atom is 0.312 e. The molecule has 1 spiro atoms. The molecule has 5 rings (SSSR count). The van der Waals surface area contributed by atoms with Gasteiger partial charge in [0.2, 0.25) is 11.8 Å². The second-order valence-corrected chi connectivity index (χ2v) is 11.5. The zero-order valence-corrected chi connectivity index (χ0v) is 23.3. The van der Waals surface area contributed by atoms with Crippen molar-refractivity contribution in [3.63, 3.8) is 0 Å². The summed E-state index contributed by atoms with van der Waals surface area (Å²) < 4.78 is 12.2. The van der Waals surface area contributed by atoms with Crippen molar-refractivity contribution in [1.29, 1.82) is 0 Å². The lowest BCUT2D eigenvalue weighted by atomic mass is 9.62. The molecule has 0 radical (unpaired) electrons. The van der Waals surface area contributed by atoms with Gasteiger partial charge in [0.25, 0.3) is 0 Å². The number of anilines is 1. The highest BCUT2D eigenvalue weighted by Crippen LogP contribution is 2.65. The second kappa shape index (κ2) is 10.1. The molecule has 0 saturated carbocycles. The van der Waals surface area contributed by atoms with Crippen molar-refractivity contribution >= 4 is 23.5 Å². The number of hydrogen-bond donors (Lipinski definition) is 2. The molecular weight excluding hydrogens is 496 g/mol. The predicted octanol–water partition coefficient (Wildman–Crippen LogP) is 3.42. The van der Waals surface area contributed by atoms with Crippen LogP contribution in [0.5, 0.6) is 0 Å². The van der Waals surface area contributed by atoms with Crippen molar-refractivity contribution in [2.24, 2.45) is 17.8 Å². The Balaban J connectivity index is 1.61. The lowest BCUT2D eigenvalue weighted by Gasteiger charge is -2.37. The summed E-state index contributed by atoms with van der Waals surface area (Å²) in [6, 6.07) is 13.7. The van der Waals surface area contributed by atoms with E-state index in [0.29, 0.717) is 18.5 Å². The molecule has 3 unspecified atom stereocenters. The van der Waals surface area contributed by atoms with E-state index < -0.39 is 41.1 Å². The van der Waals surface area contributed by atoms with E-state index >= 15 is 0 Å². The first kappa shape index (κ1) is 27.3. The van der Waals surface area contributed by atoms with E-state index in [2.05, 4.69) is 5.32 Å². The van der Waals surface area contributed by atoms with Crippen LogP contribution in [-0.4, -0.2) is 64.3 Å². The summed E-state index contributed by atoms with van der Waals surface area (Å²) in [6.45, 7) is 9.30. The van der Waals surface area contributed by atoms with E-state index in [1.807, 2.05) is 76.2 Å². The molecule has 2 aromatic carbocycles. The average Bonchev–Trinajstić information content (AvgIpc) is 3.42. The monoisotopic (exact) mass is 534 g/mol. The number of nitrogens with one attached hydrogen (secondary N) is 1. The maximum atomic E-state index is 14.4. The molecule has 2 bridgehead atoms. The molecule has 3 aliphatic heterocycles. The van der Waals surface area contributed by atoms with Crippen LogP contribution in [0.15, 0.2) is 48.5 Å². The second-order valence-electron chi connectivity index (χ2n) is 11.5. The molecule has 39 heavy (non-hydrogen) atoms. The number of aryl methyl sites for hydroxylation is 2. The van der Waals surface area contributed by atoms with Crippen LogP contribution in [0.2, 0.25) is 0 Å². The number of aliphatic hydroxyl groups is 1. The van der Waals surface area contributed by atoms with Crippen molar-refractivity contribution in [2.45, 2.75) is 70.7 Å². The molecular formula is C31H38N2O6. The highest BCUT2D eigenvalue weighted by molar-refractivity contribution is 6.04. The molecule has 2 amide bonds. The number of nitrogens with zero attached hydrogens (tertiary/aromatic N) is 1. The van der Waals surface area contributed by atoms with Crippen LogP contribution >= 0.6 is 0 Å². The van der Waals surface area contributed by atoms with Crippen LogP contribution in [0.4, 0.5) is 5.69 Å². The van der Waals surface area contributed by atoms with Gasteiger partial charge >= 0.3 is 5.97 Å². The number of likely N-dealkylation sites (tertiary alicyclic amines) is 1. The smallest absolute Gasteiger partial charge is 0.312 e. The molecule has 8 nitrogen and oxygen atoms in total. The van der Waals surface area contributed by atoms with Gasteiger partial charge in [-0.15, -0.1) is 0 Å². The number of benzene rings is 2. The lowest BCUT2D eigenvalue weighted by molar-refractivity contribution is -0.161. The Hall–Kier alpha value is -3.23. The molecule has 2 aromatic rings. The number of aliphatic hydroxyl groups excluding tert-OH is 1. The first-order valence-corrected chi connectivity index (χ1v) is 13.8. The van der Waals surface area contributed by atoms with Crippen molar-refractivity contribution < 1.29 is 29.0 Å². The van der Waals surface area contributed by atoms with E-state index in [4.69, 9.17) is 9.47 Å². The number of hydrogen-bond acceptors (Lipinski definition) is 6. The molecule has 3 heterocycles. The van der Waals surface area contributed by atoms with Gasteiger partial charge in [0.15, 0.2) is 0 Å². The van der Waals surface area contributed by atoms with Crippen molar-refractivity contribution in [3.05, 3.63) is 65.2 Å². The van der Waals surface area contributed by atoms with Crippen LogP contribution in [0.25, 0.3) is 0 Å². The molecule has 3 fully saturated rings. The van der Waals surface area contributed by atoms with E-state index in [1.165, 1.54) is 4.90 Å². The van der Waals surface area contributed by atoms with Gasteiger partial charge in [0.05, 0.1) is 30.8 Å². The highest BCUT2D eigenvalue weighted by atomic mass is 16.6. The van der Waals surface area contributed by atoms with Gasteiger partial charge in [-0.25, -0.2) is 0 Å². The first-order valence-electron chi connectivity index (χ1n) is 13.8. The summed E-state index contributed by atoms with van der Waals surface area (Å²) in [4.78, 5) is 43.5. The molecule has 208 valence electrons. The Labute approximate surface area is 229 Å². The summed E-state index contributed by atoms with van der Waals surface area (Å²) in [5, 5.41) is 13.6. The minimum atomic E-state index is -1.21. The minimum absolute atomic E-state index is 0.0892. The Morgan fingerprint density at radius 2 is 1.92 bits per heavy atom. The van der Waals surface area contributed by atoms with Crippen LogP contribution < -0.4 is 5.32 Å². The molecule has 8 heteroatoms. The van der Waals surface area contributed by atoms with Crippen molar-refractivity contribution in [3.8, 4) is 0 Å². The third kappa shape index (κ3) is 4.25. The minimum Gasteiger partial charge on any atom is -0.466 e. The van der Waals surface area contributed by atoms with Crippen LogP contribution in [-0.2, 0) is 30.3 Å². The van der Waals surface area contributed by atoms with Crippen LogP contribution in [0.1, 0.15) is 43.9 Å². The van der Waals surface area contributed by atoms with Gasteiger partial charge in [-0.2, -0.15) is 0 Å². The zero-order chi connectivity index (χ0) is 28.1. The molecule has 0 aliphatic carbocycles. The van der Waals surface area contributed by atoms with Crippen molar-refractivity contribution in [1.82, 2.24) is 4.90 Å². The SMILES string of the molecule is CCOC(=O)[C@H]1[C@H]2C(=O)N([C@@H](CO)Cc3ccccc3)C(C(=O)Nc3cc(C)ccc3C)C23CC(C)[C@]1(C)O3. The molecule has 2 N–H and O–H groups in total. The van der Waals surface area contributed by atoms with Crippen molar-refractivity contribution in [2.75, 3.05) is 18.5 Å². The quantitative estimate of drug-likeness (QED) is 0.503. The van der Waals surface area contributed by atoms with Gasteiger partial charge in [-0.05, 0) is 69.2 Å². The van der Waals surface area contributed by atoms with Gasteiger partial charge in [0, 0.05) is 5.69 Å². The fourth-order valence-corrected chi connectivity index (χ4v) is 7.17. The Bertz CT molecular complexity index is 1280. The topological polar surface area (TPSA) is 105 Å². The predicted molar refractivity (Wildman–Crippen MR) is 146 cm³/mol. The Morgan fingerprint density at radius 3 is 2.59 bits per heavy atom. The van der Waals surface area contributed by atoms with Gasteiger partial charge < -0.3 is 24.8 Å². The summed E-state index contributed by atoms with van der Waals surface area (Å²) in [6.07, 6.45) is 0.802. The number of fused-ring (bicyclic) bond motifs is 1. The zero-order valence-electron chi connectivity index (χ0n) is 23.3.